The van der Waals surface area contributed by atoms with Crippen LogP contribution in [0.2, 0.25) is 0 Å². The standard InChI is InChI=1S/C47H85O19P3.3H3N/c1-3-5-7-9-11-13-15-17-19-20-22-24-26-28-30-32-34-36-41(49)63-39(37-61-40(48)35-33-31-29-27-25-23-21-18-16-14-12-10-8-6-4-2)38-62-69(59,60)66-45-42(50)43(51)46(64-67(53,54)55)47(44(45)52)65-68(56,57)58;;;/h11,13,17,19,22,24,28,30,39,42-47,50-52H,3-10,12,14-16,18,20-21,23,25-27,29,31-38H2,1-2H3,(H,59,60)(H2,53,54,55)(H2,56,57,58);3*1H3/b13-11-,19-17-,24-22-,30-28-;;;/t39-,42-,43-,44+,45+,46+,47+;;;/m1.../s1. The highest BCUT2D eigenvalue weighted by Crippen LogP contribution is 2.48. The molecule has 17 N–H and O–H groups in total. The number of aliphatic hydroxyl groups excluding tert-OH is 3. The molecule has 1 aliphatic carbocycles. The number of aliphatic hydroxyl groups is 3. The number of esters is 2. The van der Waals surface area contributed by atoms with Crippen molar-refractivity contribution in [1.82, 2.24) is 18.5 Å². The largest absolute Gasteiger partial charge is 0.756 e. The molecule has 0 amide bonds. The Morgan fingerprint density at radius 1 is 0.486 bits per heavy atom. The molecule has 0 spiro atoms. The summed E-state index contributed by atoms with van der Waals surface area (Å²) in [5, 5.41) is 31.7. The molecular formula is C47H94N3O19P3. The van der Waals surface area contributed by atoms with E-state index in [0.717, 1.165) is 44.9 Å². The minimum atomic E-state index is -5.89. The highest BCUT2D eigenvalue weighted by atomic mass is 31.2. The van der Waals surface area contributed by atoms with E-state index in [4.69, 9.17) is 23.4 Å². The smallest absolute Gasteiger partial charge is 0.306 e. The van der Waals surface area contributed by atoms with Crippen LogP contribution in [-0.2, 0) is 50.9 Å². The first-order valence-corrected chi connectivity index (χ1v) is 29.3. The fourth-order valence-corrected chi connectivity index (χ4v) is 9.44. The molecule has 3 unspecified atom stereocenters. The zero-order valence-electron chi connectivity index (χ0n) is 43.8. The lowest BCUT2D eigenvalue weighted by atomic mass is 9.85. The average Bonchev–Trinajstić information content (AvgIpc) is 3.28. The molecule has 0 saturated heterocycles. The Kier molecular flexibility index (Phi) is 45.5. The number of carbonyl (C=O) groups excluding carboxylic acids is 2. The highest BCUT2D eigenvalue weighted by molar-refractivity contribution is 7.46. The van der Waals surface area contributed by atoms with Gasteiger partial charge in [-0.2, -0.15) is 0 Å². The van der Waals surface area contributed by atoms with Crippen LogP contribution >= 0.6 is 23.5 Å². The van der Waals surface area contributed by atoms with Crippen LogP contribution in [0.5, 0.6) is 0 Å². The third-order valence-corrected chi connectivity index (χ3v) is 13.1. The minimum Gasteiger partial charge on any atom is -0.756 e. The maximum Gasteiger partial charge on any atom is 0.306 e. The summed E-state index contributed by atoms with van der Waals surface area (Å²) in [7, 11) is -17.5. The molecule has 0 aromatic rings. The van der Waals surface area contributed by atoms with Crippen molar-refractivity contribution in [1.29, 1.82) is 0 Å². The molecule has 0 aromatic carbocycles. The van der Waals surface area contributed by atoms with Gasteiger partial charge in [0, 0.05) is 12.8 Å². The fourth-order valence-electron chi connectivity index (χ4n) is 7.38. The quantitative estimate of drug-likeness (QED) is 0.0123. The number of hydrogen-bond donors (Lipinski definition) is 8. The molecule has 0 heterocycles. The van der Waals surface area contributed by atoms with Gasteiger partial charge in [-0.15, -0.1) is 0 Å². The van der Waals surface area contributed by atoms with Crippen LogP contribution in [0.3, 0.4) is 0 Å². The number of quaternary nitrogens is 3. The average molecular weight is 1100 g/mol. The molecule has 0 aromatic heterocycles. The van der Waals surface area contributed by atoms with Crippen molar-refractivity contribution >= 4 is 35.4 Å². The Morgan fingerprint density at radius 3 is 1.32 bits per heavy atom. The van der Waals surface area contributed by atoms with E-state index in [2.05, 4.69) is 53.3 Å². The van der Waals surface area contributed by atoms with Gasteiger partial charge in [-0.25, -0.2) is 0 Å². The van der Waals surface area contributed by atoms with Gasteiger partial charge in [0.1, 0.15) is 43.2 Å². The van der Waals surface area contributed by atoms with Crippen molar-refractivity contribution in [3.05, 3.63) is 48.6 Å². The third kappa shape index (κ3) is 39.4. The second kappa shape index (κ2) is 44.2. The molecule has 1 saturated carbocycles. The van der Waals surface area contributed by atoms with E-state index in [9.17, 15) is 58.2 Å². The molecule has 25 heteroatoms. The summed E-state index contributed by atoms with van der Waals surface area (Å²) in [6.07, 6.45) is 24.5. The van der Waals surface area contributed by atoms with Crippen LogP contribution < -0.4 is 33.1 Å². The molecular weight excluding hydrogens is 1000 g/mol. The van der Waals surface area contributed by atoms with Crippen LogP contribution in [-0.4, -0.2) is 93.0 Å². The van der Waals surface area contributed by atoms with Crippen LogP contribution in [0.15, 0.2) is 48.6 Å². The second-order valence-electron chi connectivity index (χ2n) is 17.3. The maximum atomic E-state index is 13.0. The fraction of sp³-hybridized carbons (Fsp3) is 0.787. The zero-order valence-corrected chi connectivity index (χ0v) is 46.4. The van der Waals surface area contributed by atoms with Crippen molar-refractivity contribution in [2.75, 3.05) is 13.2 Å². The number of phosphoric ester groups is 3. The third-order valence-electron chi connectivity index (χ3n) is 11.1. The molecule has 0 bridgehead atoms. The van der Waals surface area contributed by atoms with Gasteiger partial charge in [-0.1, -0.05) is 165 Å². The number of hydrogen-bond acceptors (Lipinski definition) is 17. The van der Waals surface area contributed by atoms with Crippen LogP contribution in [0.4, 0.5) is 0 Å². The second-order valence-corrected chi connectivity index (χ2v) is 21.0. The summed E-state index contributed by atoms with van der Waals surface area (Å²) in [5.74, 6) is -1.42. The first-order valence-electron chi connectivity index (χ1n) is 24.9. The highest BCUT2D eigenvalue weighted by Gasteiger charge is 2.54. The number of phosphoric acid groups is 3. The van der Waals surface area contributed by atoms with Crippen molar-refractivity contribution in [3.8, 4) is 0 Å². The summed E-state index contributed by atoms with van der Waals surface area (Å²) >= 11 is 0. The zero-order chi connectivity index (χ0) is 51.4. The van der Waals surface area contributed by atoms with Crippen LogP contribution in [0.1, 0.15) is 181 Å². The molecule has 10 atom stereocenters. The van der Waals surface area contributed by atoms with E-state index in [0.29, 0.717) is 25.7 Å². The van der Waals surface area contributed by atoms with Crippen molar-refractivity contribution in [2.45, 2.75) is 224 Å². The van der Waals surface area contributed by atoms with E-state index in [1.807, 2.05) is 18.2 Å². The number of unbranched alkanes of at least 4 members (excludes halogenated alkanes) is 18. The molecule has 22 nitrogen and oxygen atoms in total. The maximum absolute atomic E-state index is 13.0. The molecule has 0 radical (unpaired) electrons. The van der Waals surface area contributed by atoms with Crippen molar-refractivity contribution < 1.29 is 90.6 Å². The van der Waals surface area contributed by atoms with Crippen molar-refractivity contribution in [2.24, 2.45) is 0 Å². The Morgan fingerprint density at radius 2 is 0.861 bits per heavy atom. The Balaban J connectivity index is -0.0000159. The van der Waals surface area contributed by atoms with Gasteiger partial charge in [-0.05, 0) is 51.4 Å². The molecule has 1 fully saturated rings. The van der Waals surface area contributed by atoms with Gasteiger partial charge in [0.15, 0.2) is 6.10 Å². The number of allylic oxidation sites excluding steroid dienone is 8. The summed E-state index contributed by atoms with van der Waals surface area (Å²) < 4.78 is 64.4. The van der Waals surface area contributed by atoms with E-state index < -0.39 is 91.3 Å². The first-order chi connectivity index (χ1) is 32.8. The summed E-state index contributed by atoms with van der Waals surface area (Å²) in [4.78, 5) is 79.6. The predicted octanol–water partition coefficient (Wildman–Crippen LogP) is 8.64. The Hall–Kier alpha value is -2.01. The first kappa shape index (κ1) is 74.2. The molecule has 1 rings (SSSR count). The minimum absolute atomic E-state index is 0. The molecule has 0 aliphatic heterocycles. The van der Waals surface area contributed by atoms with Crippen LogP contribution in [0, 0.1) is 0 Å². The predicted molar refractivity (Wildman–Crippen MR) is 273 cm³/mol. The summed E-state index contributed by atoms with van der Waals surface area (Å²) in [6, 6.07) is 0. The molecule has 426 valence electrons. The van der Waals surface area contributed by atoms with E-state index in [1.54, 1.807) is 0 Å². The Labute approximate surface area is 428 Å². The number of ether oxygens (including phenoxy) is 2. The van der Waals surface area contributed by atoms with Gasteiger partial charge in [0.2, 0.25) is 0 Å². The van der Waals surface area contributed by atoms with E-state index in [1.165, 1.54) is 83.5 Å². The van der Waals surface area contributed by atoms with E-state index >= 15 is 0 Å². The van der Waals surface area contributed by atoms with Gasteiger partial charge >= 0.3 is 11.9 Å². The topological polar surface area (TPSA) is 421 Å². The van der Waals surface area contributed by atoms with Crippen LogP contribution in [0.25, 0.3) is 0 Å². The number of rotatable bonds is 42. The van der Waals surface area contributed by atoms with Gasteiger partial charge < -0.3 is 85.8 Å². The van der Waals surface area contributed by atoms with Gasteiger partial charge in [0.05, 0.1) is 6.61 Å². The lowest BCUT2D eigenvalue weighted by Crippen LogP contribution is -2.65. The lowest BCUT2D eigenvalue weighted by Gasteiger charge is -2.47. The monoisotopic (exact) mass is 1100 g/mol. The summed E-state index contributed by atoms with van der Waals surface area (Å²) in [5.41, 5.74) is 0. The van der Waals surface area contributed by atoms with Crippen molar-refractivity contribution in [3.63, 3.8) is 0 Å². The molecule has 1 aliphatic rings. The van der Waals surface area contributed by atoms with E-state index in [-0.39, 0.29) is 31.3 Å². The SMILES string of the molecule is CCCCC/C=C\C/C=C\C/C=C\C/C=C\CCCC(=O)O[C@H](COC(=O)CCCCCCCCCCCCCCCCC)COP(=O)([O-])O[C@H]1[C@H](O)[C@@H](O)[C@H](OP(=O)([O-])O)[C@@H](OP(=O)([O-])O)[C@H]1O.[NH4+].[NH4+].[NH4+]. The lowest BCUT2D eigenvalue weighted by molar-refractivity contribution is -0.280. The normalized spacial score (nSPS) is 22.1. The molecule has 72 heavy (non-hydrogen) atoms. The number of carbonyl (C=O) groups is 2. The Bertz CT molecular complexity index is 1650. The van der Waals surface area contributed by atoms with Gasteiger partial charge in [0.25, 0.3) is 23.5 Å². The van der Waals surface area contributed by atoms with Gasteiger partial charge in [-0.3, -0.25) is 23.3 Å². The summed E-state index contributed by atoms with van der Waals surface area (Å²) in [6.45, 7) is 2.76.